The zero-order valence-corrected chi connectivity index (χ0v) is 13.6. The van der Waals surface area contributed by atoms with Crippen molar-refractivity contribution in [1.29, 1.82) is 0 Å². The van der Waals surface area contributed by atoms with Gasteiger partial charge >= 0.3 is 0 Å². The highest BCUT2D eigenvalue weighted by molar-refractivity contribution is 5.75. The van der Waals surface area contributed by atoms with Crippen LogP contribution in [0.2, 0.25) is 0 Å². The van der Waals surface area contributed by atoms with Crippen LogP contribution in [0.3, 0.4) is 0 Å². The number of aliphatic hydroxyl groups is 1. The molecule has 1 aliphatic rings. The van der Waals surface area contributed by atoms with Gasteiger partial charge in [0.25, 0.3) is 5.56 Å². The first-order chi connectivity index (χ1) is 11.6. The molecule has 0 aliphatic heterocycles. The van der Waals surface area contributed by atoms with Gasteiger partial charge in [-0.3, -0.25) is 9.59 Å². The van der Waals surface area contributed by atoms with Crippen molar-refractivity contribution in [3.63, 3.8) is 0 Å². The minimum atomic E-state index is -1.01. The van der Waals surface area contributed by atoms with Gasteiger partial charge < -0.3 is 15.0 Å². The summed E-state index contributed by atoms with van der Waals surface area (Å²) in [4.78, 5) is 23.7. The highest BCUT2D eigenvalue weighted by atomic mass is 16.3. The molecule has 2 aromatic rings. The second-order valence-electron chi connectivity index (χ2n) is 6.30. The van der Waals surface area contributed by atoms with Crippen LogP contribution in [0.25, 0.3) is 0 Å². The Balaban J connectivity index is 1.59. The Bertz CT molecular complexity index is 784. The summed E-state index contributed by atoms with van der Waals surface area (Å²) in [5.41, 5.74) is 0.936. The van der Waals surface area contributed by atoms with Crippen LogP contribution < -0.4 is 10.9 Å². The van der Waals surface area contributed by atoms with Crippen molar-refractivity contribution in [2.24, 2.45) is 0 Å². The van der Waals surface area contributed by atoms with Crippen LogP contribution in [-0.4, -0.2) is 22.1 Å². The number of aryl methyl sites for hydroxylation is 2. The normalized spacial score (nSPS) is 19.5. The molecule has 1 heterocycles. The first-order valence-corrected chi connectivity index (χ1v) is 8.31. The van der Waals surface area contributed by atoms with E-state index in [9.17, 15) is 14.7 Å². The molecule has 1 aliphatic carbocycles. The van der Waals surface area contributed by atoms with E-state index in [1.165, 1.54) is 10.6 Å². The molecule has 3 rings (SSSR count). The number of aromatic nitrogens is 1. The van der Waals surface area contributed by atoms with E-state index in [1.54, 1.807) is 18.3 Å². The Morgan fingerprint density at radius 1 is 1.21 bits per heavy atom. The van der Waals surface area contributed by atoms with E-state index < -0.39 is 5.60 Å². The van der Waals surface area contributed by atoms with Crippen molar-refractivity contribution in [3.05, 3.63) is 70.1 Å². The number of benzene rings is 1. The average molecular weight is 326 g/mol. The van der Waals surface area contributed by atoms with E-state index in [0.29, 0.717) is 13.0 Å². The molecule has 0 radical (unpaired) electrons. The van der Waals surface area contributed by atoms with E-state index in [4.69, 9.17) is 0 Å². The Morgan fingerprint density at radius 3 is 2.83 bits per heavy atom. The lowest BCUT2D eigenvalue weighted by Crippen LogP contribution is -2.43. The number of carbonyl (C=O) groups excluding carboxylic acids is 1. The van der Waals surface area contributed by atoms with Crippen LogP contribution in [-0.2, 0) is 23.4 Å². The molecule has 126 valence electrons. The Morgan fingerprint density at radius 2 is 2.00 bits per heavy atom. The molecule has 0 saturated heterocycles. The summed E-state index contributed by atoms with van der Waals surface area (Å²) in [6.07, 6.45) is 4.39. The number of pyridine rings is 1. The molecule has 1 amide bonds. The lowest BCUT2D eigenvalue weighted by molar-refractivity contribution is -0.122. The van der Waals surface area contributed by atoms with E-state index in [0.717, 1.165) is 24.0 Å². The van der Waals surface area contributed by atoms with E-state index in [2.05, 4.69) is 5.32 Å². The third-order valence-corrected chi connectivity index (χ3v) is 4.61. The van der Waals surface area contributed by atoms with Gasteiger partial charge in [0.15, 0.2) is 0 Å². The minimum absolute atomic E-state index is 0.120. The highest BCUT2D eigenvalue weighted by Gasteiger charge is 2.34. The predicted octanol–water partition coefficient (Wildman–Crippen LogP) is 1.58. The summed E-state index contributed by atoms with van der Waals surface area (Å²) in [5, 5.41) is 13.8. The second-order valence-corrected chi connectivity index (χ2v) is 6.30. The van der Waals surface area contributed by atoms with Gasteiger partial charge in [0.1, 0.15) is 5.60 Å². The summed E-state index contributed by atoms with van der Waals surface area (Å²) in [5.74, 6) is -0.165. The number of rotatable bonds is 5. The van der Waals surface area contributed by atoms with Crippen LogP contribution >= 0.6 is 0 Å². The predicted molar refractivity (Wildman–Crippen MR) is 91.6 cm³/mol. The SMILES string of the molecule is O=C(CCn1ccccc1=O)NCC1(O)CCCc2ccccc21. The molecule has 1 aromatic carbocycles. The molecule has 1 unspecified atom stereocenters. The van der Waals surface area contributed by atoms with E-state index in [-0.39, 0.29) is 24.4 Å². The second kappa shape index (κ2) is 7.01. The smallest absolute Gasteiger partial charge is 0.250 e. The van der Waals surface area contributed by atoms with Gasteiger partial charge in [-0.2, -0.15) is 0 Å². The molecular formula is C19H22N2O3. The standard InChI is InChI=1S/C19H22N2O3/c22-17(10-13-21-12-4-3-9-18(21)23)20-14-19(24)11-5-7-15-6-1-2-8-16(15)19/h1-4,6,8-9,12,24H,5,7,10-11,13-14H2,(H,20,22). The lowest BCUT2D eigenvalue weighted by atomic mass is 9.79. The van der Waals surface area contributed by atoms with Gasteiger partial charge in [-0.25, -0.2) is 0 Å². The molecule has 5 heteroatoms. The zero-order chi connectivity index (χ0) is 17.0. The molecular weight excluding hydrogens is 304 g/mol. The Labute approximate surface area is 140 Å². The molecule has 1 atom stereocenters. The van der Waals surface area contributed by atoms with Gasteiger partial charge in [-0.05, 0) is 36.5 Å². The number of fused-ring (bicyclic) bond motifs is 1. The maximum Gasteiger partial charge on any atom is 0.250 e. The topological polar surface area (TPSA) is 71.3 Å². The van der Waals surface area contributed by atoms with Crippen molar-refractivity contribution in [2.45, 2.75) is 37.8 Å². The summed E-state index contributed by atoms with van der Waals surface area (Å²) in [7, 11) is 0. The van der Waals surface area contributed by atoms with Crippen molar-refractivity contribution in [2.75, 3.05) is 6.54 Å². The molecule has 0 fully saturated rings. The molecule has 2 N–H and O–H groups in total. The summed E-state index contributed by atoms with van der Waals surface area (Å²) in [6, 6.07) is 12.8. The van der Waals surface area contributed by atoms with Crippen LogP contribution in [0.15, 0.2) is 53.5 Å². The lowest BCUT2D eigenvalue weighted by Gasteiger charge is -2.34. The number of carbonyl (C=O) groups is 1. The molecule has 0 bridgehead atoms. The van der Waals surface area contributed by atoms with Crippen molar-refractivity contribution >= 4 is 5.91 Å². The van der Waals surface area contributed by atoms with Gasteiger partial charge in [-0.15, -0.1) is 0 Å². The first-order valence-electron chi connectivity index (χ1n) is 8.31. The monoisotopic (exact) mass is 326 g/mol. The van der Waals surface area contributed by atoms with E-state index >= 15 is 0 Å². The third kappa shape index (κ3) is 3.57. The van der Waals surface area contributed by atoms with Gasteiger partial charge in [0.05, 0.1) is 6.54 Å². The minimum Gasteiger partial charge on any atom is -0.383 e. The molecule has 1 aromatic heterocycles. The molecule has 0 saturated carbocycles. The largest absolute Gasteiger partial charge is 0.383 e. The fourth-order valence-electron chi connectivity index (χ4n) is 3.28. The first kappa shape index (κ1) is 16.5. The summed E-state index contributed by atoms with van der Waals surface area (Å²) in [6.45, 7) is 0.535. The average Bonchev–Trinajstić information content (AvgIpc) is 2.60. The van der Waals surface area contributed by atoms with Crippen LogP contribution in [0, 0.1) is 0 Å². The fourth-order valence-corrected chi connectivity index (χ4v) is 3.28. The van der Waals surface area contributed by atoms with Gasteiger partial charge in [0, 0.05) is 25.2 Å². The fraction of sp³-hybridized carbons (Fsp3) is 0.368. The molecule has 0 spiro atoms. The maximum absolute atomic E-state index is 12.1. The summed E-state index contributed by atoms with van der Waals surface area (Å²) < 4.78 is 1.50. The van der Waals surface area contributed by atoms with Crippen molar-refractivity contribution in [3.8, 4) is 0 Å². The van der Waals surface area contributed by atoms with Gasteiger partial charge in [0.2, 0.25) is 5.91 Å². The quantitative estimate of drug-likeness (QED) is 0.876. The zero-order valence-electron chi connectivity index (χ0n) is 13.6. The van der Waals surface area contributed by atoms with E-state index in [1.807, 2.05) is 24.3 Å². The number of hydrogen-bond acceptors (Lipinski definition) is 3. The number of hydrogen-bond donors (Lipinski definition) is 2. The van der Waals surface area contributed by atoms with Crippen LogP contribution in [0.5, 0.6) is 0 Å². The third-order valence-electron chi connectivity index (χ3n) is 4.61. The van der Waals surface area contributed by atoms with Crippen molar-refractivity contribution in [1.82, 2.24) is 9.88 Å². The van der Waals surface area contributed by atoms with Gasteiger partial charge in [-0.1, -0.05) is 30.3 Å². The van der Waals surface area contributed by atoms with Crippen molar-refractivity contribution < 1.29 is 9.90 Å². The summed E-state index contributed by atoms with van der Waals surface area (Å²) >= 11 is 0. The Hall–Kier alpha value is -2.40. The molecule has 5 nitrogen and oxygen atoms in total. The maximum atomic E-state index is 12.1. The Kier molecular flexibility index (Phi) is 4.81. The highest BCUT2D eigenvalue weighted by Crippen LogP contribution is 2.34. The number of nitrogens with zero attached hydrogens (tertiary/aromatic N) is 1. The van der Waals surface area contributed by atoms with Crippen LogP contribution in [0.1, 0.15) is 30.4 Å². The van der Waals surface area contributed by atoms with Crippen LogP contribution in [0.4, 0.5) is 0 Å². The molecule has 24 heavy (non-hydrogen) atoms. The number of amides is 1. The number of nitrogens with one attached hydrogen (secondary N) is 1.